The maximum Gasteiger partial charge on any atom is 0.354 e. The van der Waals surface area contributed by atoms with Gasteiger partial charge in [-0.2, -0.15) is 0 Å². The van der Waals surface area contributed by atoms with Gasteiger partial charge in [0.2, 0.25) is 0 Å². The smallest absolute Gasteiger partial charge is 0.354 e. The molecule has 0 saturated carbocycles. The van der Waals surface area contributed by atoms with Gasteiger partial charge < -0.3 is 19.5 Å². The standard InChI is InChI=1S/C18H18N2O5/c1-23-17(21)10-16(18(22)24-2)20-14-5-7-15(8-6-14)25-12-13-4-3-9-19-11-13/h3-11,20H,12H2,1-2H3/b16-10+. The second kappa shape index (κ2) is 9.07. The minimum atomic E-state index is -0.678. The van der Waals surface area contributed by atoms with Crippen LogP contribution in [0.5, 0.6) is 5.75 Å². The summed E-state index contributed by atoms with van der Waals surface area (Å²) in [6, 6.07) is 10.7. The number of hydrogen-bond acceptors (Lipinski definition) is 7. The molecule has 0 fully saturated rings. The van der Waals surface area contributed by atoms with Crippen molar-refractivity contribution in [3.05, 3.63) is 66.1 Å². The molecule has 1 heterocycles. The number of benzene rings is 1. The first-order valence-electron chi connectivity index (χ1n) is 7.39. The average molecular weight is 342 g/mol. The molecule has 130 valence electrons. The number of rotatable bonds is 7. The highest BCUT2D eigenvalue weighted by Crippen LogP contribution is 2.18. The number of nitrogens with zero attached hydrogens (tertiary/aromatic N) is 1. The molecule has 1 aromatic carbocycles. The Morgan fingerprint density at radius 2 is 1.88 bits per heavy atom. The highest BCUT2D eigenvalue weighted by Gasteiger charge is 2.12. The maximum absolute atomic E-state index is 11.7. The highest BCUT2D eigenvalue weighted by molar-refractivity contribution is 5.98. The van der Waals surface area contributed by atoms with Gasteiger partial charge in [-0.1, -0.05) is 6.07 Å². The molecule has 1 aromatic heterocycles. The van der Waals surface area contributed by atoms with E-state index in [4.69, 9.17) is 4.74 Å². The van der Waals surface area contributed by atoms with E-state index in [-0.39, 0.29) is 5.70 Å². The molecule has 0 radical (unpaired) electrons. The van der Waals surface area contributed by atoms with Gasteiger partial charge in [-0.15, -0.1) is 0 Å². The van der Waals surface area contributed by atoms with Crippen LogP contribution in [0.3, 0.4) is 0 Å². The van der Waals surface area contributed by atoms with E-state index in [0.29, 0.717) is 18.0 Å². The third-order valence-corrected chi connectivity index (χ3v) is 3.13. The van der Waals surface area contributed by atoms with Crippen molar-refractivity contribution in [1.82, 2.24) is 4.98 Å². The van der Waals surface area contributed by atoms with E-state index < -0.39 is 11.9 Å². The molecule has 0 bridgehead atoms. The largest absolute Gasteiger partial charge is 0.489 e. The van der Waals surface area contributed by atoms with E-state index >= 15 is 0 Å². The molecular weight excluding hydrogens is 324 g/mol. The van der Waals surface area contributed by atoms with Crippen LogP contribution in [0.25, 0.3) is 0 Å². The summed E-state index contributed by atoms with van der Waals surface area (Å²) in [6.07, 6.45) is 4.46. The van der Waals surface area contributed by atoms with Crippen LogP contribution in [0, 0.1) is 0 Å². The first-order chi connectivity index (χ1) is 12.1. The third-order valence-electron chi connectivity index (χ3n) is 3.13. The molecule has 25 heavy (non-hydrogen) atoms. The molecule has 0 aliphatic rings. The summed E-state index contributed by atoms with van der Waals surface area (Å²) in [5, 5.41) is 2.82. The minimum Gasteiger partial charge on any atom is -0.489 e. The lowest BCUT2D eigenvalue weighted by Gasteiger charge is -2.10. The summed E-state index contributed by atoms with van der Waals surface area (Å²) in [7, 11) is 2.45. The van der Waals surface area contributed by atoms with Gasteiger partial charge in [-0.3, -0.25) is 4.98 Å². The Morgan fingerprint density at radius 1 is 1.12 bits per heavy atom. The Labute approximate surface area is 145 Å². The Hall–Kier alpha value is -3.35. The Bertz CT molecular complexity index is 742. The average Bonchev–Trinajstić information content (AvgIpc) is 2.66. The minimum absolute atomic E-state index is 0.0293. The van der Waals surface area contributed by atoms with Crippen LogP contribution >= 0.6 is 0 Å². The number of nitrogens with one attached hydrogen (secondary N) is 1. The van der Waals surface area contributed by atoms with Crippen LogP contribution in [0.2, 0.25) is 0 Å². The van der Waals surface area contributed by atoms with Gasteiger partial charge in [0, 0.05) is 23.6 Å². The Balaban J connectivity index is 2.01. The predicted octanol–water partition coefficient (Wildman–Crippen LogP) is 2.30. The lowest BCUT2D eigenvalue weighted by Crippen LogP contribution is -2.15. The van der Waals surface area contributed by atoms with Crippen molar-refractivity contribution >= 4 is 17.6 Å². The summed E-state index contributed by atoms with van der Waals surface area (Å²) in [5.74, 6) is -0.683. The molecule has 0 amide bonds. The van der Waals surface area contributed by atoms with E-state index in [1.165, 1.54) is 14.2 Å². The molecule has 2 aromatic rings. The lowest BCUT2D eigenvalue weighted by molar-refractivity contribution is -0.138. The number of aromatic nitrogens is 1. The molecule has 0 aliphatic heterocycles. The van der Waals surface area contributed by atoms with Gasteiger partial charge in [-0.05, 0) is 30.3 Å². The van der Waals surface area contributed by atoms with Crippen molar-refractivity contribution in [3.63, 3.8) is 0 Å². The van der Waals surface area contributed by atoms with Crippen LogP contribution in [0.15, 0.2) is 60.6 Å². The van der Waals surface area contributed by atoms with Crippen LogP contribution in [0.1, 0.15) is 5.56 Å². The van der Waals surface area contributed by atoms with E-state index in [2.05, 4.69) is 19.8 Å². The Kier molecular flexibility index (Phi) is 6.53. The van der Waals surface area contributed by atoms with Gasteiger partial charge in [0.15, 0.2) is 0 Å². The maximum atomic E-state index is 11.7. The SMILES string of the molecule is COC(=O)/C=C(/Nc1ccc(OCc2cccnc2)cc1)C(=O)OC. The van der Waals surface area contributed by atoms with Crippen LogP contribution in [-0.4, -0.2) is 31.1 Å². The second-order valence-corrected chi connectivity index (χ2v) is 4.87. The molecular formula is C18H18N2O5. The summed E-state index contributed by atoms with van der Waals surface area (Å²) >= 11 is 0. The quantitative estimate of drug-likeness (QED) is 0.610. The van der Waals surface area contributed by atoms with Gasteiger partial charge >= 0.3 is 11.9 Å². The van der Waals surface area contributed by atoms with Crippen molar-refractivity contribution in [2.45, 2.75) is 6.61 Å². The molecule has 1 N–H and O–H groups in total. The number of ether oxygens (including phenoxy) is 3. The van der Waals surface area contributed by atoms with Crippen molar-refractivity contribution in [2.75, 3.05) is 19.5 Å². The number of anilines is 1. The molecule has 0 saturated heterocycles. The van der Waals surface area contributed by atoms with Crippen molar-refractivity contribution in [1.29, 1.82) is 0 Å². The predicted molar refractivity (Wildman–Crippen MR) is 90.7 cm³/mol. The van der Waals surface area contributed by atoms with Gasteiger partial charge in [0.05, 0.1) is 20.3 Å². The fourth-order valence-electron chi connectivity index (χ4n) is 1.87. The van der Waals surface area contributed by atoms with Crippen molar-refractivity contribution in [2.24, 2.45) is 0 Å². The molecule has 7 nitrogen and oxygen atoms in total. The third kappa shape index (κ3) is 5.65. The van der Waals surface area contributed by atoms with E-state index in [1.807, 2.05) is 12.1 Å². The number of carbonyl (C=O) groups is 2. The molecule has 7 heteroatoms. The van der Waals surface area contributed by atoms with Gasteiger partial charge in [0.25, 0.3) is 0 Å². The van der Waals surface area contributed by atoms with E-state index in [1.54, 1.807) is 36.7 Å². The number of esters is 2. The van der Waals surface area contributed by atoms with Crippen molar-refractivity contribution < 1.29 is 23.8 Å². The Morgan fingerprint density at radius 3 is 2.48 bits per heavy atom. The number of pyridine rings is 1. The van der Waals surface area contributed by atoms with E-state index in [9.17, 15) is 9.59 Å². The van der Waals surface area contributed by atoms with Crippen LogP contribution < -0.4 is 10.1 Å². The topological polar surface area (TPSA) is 86.8 Å². The first-order valence-corrected chi connectivity index (χ1v) is 7.39. The fraction of sp³-hybridized carbons (Fsp3) is 0.167. The van der Waals surface area contributed by atoms with Gasteiger partial charge in [-0.25, -0.2) is 9.59 Å². The number of hydrogen-bond donors (Lipinski definition) is 1. The van der Waals surface area contributed by atoms with Crippen LogP contribution in [-0.2, 0) is 25.7 Å². The summed E-state index contributed by atoms with van der Waals surface area (Å²) < 4.78 is 14.8. The van der Waals surface area contributed by atoms with Crippen LogP contribution in [0.4, 0.5) is 5.69 Å². The number of methoxy groups -OCH3 is 2. The number of carbonyl (C=O) groups excluding carboxylic acids is 2. The fourth-order valence-corrected chi connectivity index (χ4v) is 1.87. The first kappa shape index (κ1) is 18.0. The zero-order chi connectivity index (χ0) is 18.1. The summed E-state index contributed by atoms with van der Waals surface area (Å²) in [4.78, 5) is 27.1. The highest BCUT2D eigenvalue weighted by atomic mass is 16.5. The molecule has 0 unspecified atom stereocenters. The second-order valence-electron chi connectivity index (χ2n) is 4.87. The lowest BCUT2D eigenvalue weighted by atomic mass is 10.2. The molecule has 2 rings (SSSR count). The van der Waals surface area contributed by atoms with E-state index in [0.717, 1.165) is 11.6 Å². The normalized spacial score (nSPS) is 10.7. The summed E-state index contributed by atoms with van der Waals surface area (Å²) in [6.45, 7) is 0.399. The zero-order valence-electron chi connectivity index (χ0n) is 13.9. The monoisotopic (exact) mass is 342 g/mol. The molecule has 0 atom stereocenters. The summed E-state index contributed by atoms with van der Waals surface area (Å²) in [5.41, 5.74) is 1.52. The zero-order valence-corrected chi connectivity index (χ0v) is 13.9. The molecule has 0 aliphatic carbocycles. The van der Waals surface area contributed by atoms with Gasteiger partial charge in [0.1, 0.15) is 18.1 Å². The van der Waals surface area contributed by atoms with Crippen molar-refractivity contribution in [3.8, 4) is 5.75 Å². The molecule has 0 spiro atoms.